The SMILES string of the molecule is COc1ccc(-c2nnc(SCCOc3ccc(C)cc3)n2-c2ccccc2)cc1. The summed E-state index contributed by atoms with van der Waals surface area (Å²) in [4.78, 5) is 0. The van der Waals surface area contributed by atoms with Crippen molar-refractivity contribution in [3.05, 3.63) is 84.4 Å². The van der Waals surface area contributed by atoms with Crippen LogP contribution < -0.4 is 9.47 Å². The van der Waals surface area contributed by atoms with E-state index in [1.807, 2.05) is 54.6 Å². The molecule has 0 fully saturated rings. The van der Waals surface area contributed by atoms with Gasteiger partial charge in [-0.1, -0.05) is 47.7 Å². The highest BCUT2D eigenvalue weighted by Gasteiger charge is 2.16. The van der Waals surface area contributed by atoms with Crippen LogP contribution in [-0.2, 0) is 0 Å². The molecule has 6 heteroatoms. The summed E-state index contributed by atoms with van der Waals surface area (Å²) in [6.07, 6.45) is 0. The van der Waals surface area contributed by atoms with Crippen LogP contribution in [0.1, 0.15) is 5.56 Å². The molecular weight excluding hydrogens is 394 g/mol. The molecule has 3 aromatic carbocycles. The van der Waals surface area contributed by atoms with Crippen molar-refractivity contribution in [2.24, 2.45) is 0 Å². The highest BCUT2D eigenvalue weighted by Crippen LogP contribution is 2.29. The van der Waals surface area contributed by atoms with Gasteiger partial charge in [-0.3, -0.25) is 4.57 Å². The summed E-state index contributed by atoms with van der Waals surface area (Å²) in [5, 5.41) is 9.77. The average Bonchev–Trinajstić information content (AvgIpc) is 3.22. The van der Waals surface area contributed by atoms with Gasteiger partial charge in [0.25, 0.3) is 0 Å². The predicted octanol–water partition coefficient (Wildman–Crippen LogP) is 5.42. The molecule has 0 aliphatic rings. The minimum atomic E-state index is 0.591. The first kappa shape index (κ1) is 20.0. The molecule has 152 valence electrons. The van der Waals surface area contributed by atoms with Crippen molar-refractivity contribution in [3.63, 3.8) is 0 Å². The minimum Gasteiger partial charge on any atom is -0.497 e. The molecule has 1 aromatic heterocycles. The Balaban J connectivity index is 1.53. The van der Waals surface area contributed by atoms with E-state index in [4.69, 9.17) is 9.47 Å². The molecule has 0 saturated carbocycles. The van der Waals surface area contributed by atoms with E-state index >= 15 is 0 Å². The number of methoxy groups -OCH3 is 1. The predicted molar refractivity (Wildman–Crippen MR) is 121 cm³/mol. The summed E-state index contributed by atoms with van der Waals surface area (Å²) < 4.78 is 13.2. The van der Waals surface area contributed by atoms with Crippen molar-refractivity contribution in [1.29, 1.82) is 0 Å². The first-order valence-electron chi connectivity index (χ1n) is 9.72. The summed E-state index contributed by atoms with van der Waals surface area (Å²) in [6, 6.07) is 26.1. The molecule has 0 aliphatic heterocycles. The Morgan fingerprint density at radius 1 is 0.833 bits per heavy atom. The number of aryl methyl sites for hydroxylation is 1. The summed E-state index contributed by atoms with van der Waals surface area (Å²) in [5.41, 5.74) is 3.23. The lowest BCUT2D eigenvalue weighted by Crippen LogP contribution is -2.03. The zero-order valence-corrected chi connectivity index (χ0v) is 17.8. The molecule has 1 heterocycles. The molecule has 0 radical (unpaired) electrons. The Morgan fingerprint density at radius 3 is 2.23 bits per heavy atom. The second-order valence-corrected chi connectivity index (χ2v) is 7.78. The van der Waals surface area contributed by atoms with Gasteiger partial charge in [-0.15, -0.1) is 10.2 Å². The molecule has 5 nitrogen and oxygen atoms in total. The molecule has 0 amide bonds. The third-order valence-corrected chi connectivity index (χ3v) is 5.49. The number of thioether (sulfide) groups is 1. The van der Waals surface area contributed by atoms with E-state index in [1.54, 1.807) is 18.9 Å². The second kappa shape index (κ2) is 9.50. The highest BCUT2D eigenvalue weighted by atomic mass is 32.2. The van der Waals surface area contributed by atoms with Crippen LogP contribution in [0.3, 0.4) is 0 Å². The van der Waals surface area contributed by atoms with Crippen molar-refractivity contribution >= 4 is 11.8 Å². The molecule has 4 aromatic rings. The highest BCUT2D eigenvalue weighted by molar-refractivity contribution is 7.99. The summed E-state index contributed by atoms with van der Waals surface area (Å²) >= 11 is 1.63. The van der Waals surface area contributed by atoms with E-state index in [0.29, 0.717) is 6.61 Å². The Kier molecular flexibility index (Phi) is 6.35. The number of benzene rings is 3. The molecule has 4 rings (SSSR count). The molecule has 0 bridgehead atoms. The third kappa shape index (κ3) is 4.66. The van der Waals surface area contributed by atoms with Crippen molar-refractivity contribution < 1.29 is 9.47 Å². The lowest BCUT2D eigenvalue weighted by molar-refractivity contribution is 0.344. The van der Waals surface area contributed by atoms with Gasteiger partial charge in [-0.05, 0) is 55.5 Å². The third-order valence-electron chi connectivity index (χ3n) is 4.60. The fourth-order valence-corrected chi connectivity index (χ4v) is 3.80. The molecule has 0 atom stereocenters. The average molecular weight is 418 g/mol. The largest absolute Gasteiger partial charge is 0.497 e. The van der Waals surface area contributed by atoms with E-state index in [0.717, 1.165) is 39.5 Å². The van der Waals surface area contributed by atoms with Gasteiger partial charge < -0.3 is 9.47 Å². The molecule has 0 spiro atoms. The van der Waals surface area contributed by atoms with Crippen LogP contribution in [0.25, 0.3) is 17.1 Å². The molecule has 0 saturated heterocycles. The number of rotatable bonds is 8. The molecule has 0 aliphatic carbocycles. The minimum absolute atomic E-state index is 0.591. The van der Waals surface area contributed by atoms with Gasteiger partial charge in [0.2, 0.25) is 0 Å². The van der Waals surface area contributed by atoms with Crippen LogP contribution in [0.2, 0.25) is 0 Å². The number of hydrogen-bond acceptors (Lipinski definition) is 5. The molecule has 0 N–H and O–H groups in total. The van der Waals surface area contributed by atoms with Crippen molar-refractivity contribution in [3.8, 4) is 28.6 Å². The standard InChI is InChI=1S/C24H23N3O2S/c1-18-8-12-22(13-9-18)29-16-17-30-24-26-25-23(19-10-14-21(28-2)15-11-19)27(24)20-6-4-3-5-7-20/h3-15H,16-17H2,1-2H3. The van der Waals surface area contributed by atoms with Gasteiger partial charge in [0.05, 0.1) is 13.7 Å². The lowest BCUT2D eigenvalue weighted by atomic mass is 10.2. The summed E-state index contributed by atoms with van der Waals surface area (Å²) in [7, 11) is 1.66. The Labute approximate surface area is 180 Å². The van der Waals surface area contributed by atoms with Crippen LogP contribution in [0, 0.1) is 6.92 Å². The summed E-state index contributed by atoms with van der Waals surface area (Å²) in [5.74, 6) is 3.25. The first-order chi connectivity index (χ1) is 14.7. The number of hydrogen-bond donors (Lipinski definition) is 0. The Hall–Kier alpha value is -3.25. The fourth-order valence-electron chi connectivity index (χ4n) is 3.03. The van der Waals surface area contributed by atoms with Crippen LogP contribution in [0.15, 0.2) is 84.0 Å². The normalized spacial score (nSPS) is 10.7. The van der Waals surface area contributed by atoms with Crippen molar-refractivity contribution in [1.82, 2.24) is 14.8 Å². The van der Waals surface area contributed by atoms with Crippen molar-refractivity contribution in [2.75, 3.05) is 19.5 Å². The maximum atomic E-state index is 5.85. The second-order valence-electron chi connectivity index (χ2n) is 6.72. The van der Waals surface area contributed by atoms with E-state index in [1.165, 1.54) is 5.56 Å². The van der Waals surface area contributed by atoms with Gasteiger partial charge in [-0.2, -0.15) is 0 Å². The number of ether oxygens (including phenoxy) is 2. The smallest absolute Gasteiger partial charge is 0.196 e. The maximum absolute atomic E-state index is 5.85. The number of para-hydroxylation sites is 1. The maximum Gasteiger partial charge on any atom is 0.196 e. The molecule has 0 unspecified atom stereocenters. The van der Waals surface area contributed by atoms with Gasteiger partial charge in [0.15, 0.2) is 11.0 Å². The quantitative estimate of drug-likeness (QED) is 0.283. The monoisotopic (exact) mass is 417 g/mol. The van der Waals surface area contributed by atoms with E-state index in [-0.39, 0.29) is 0 Å². The zero-order chi connectivity index (χ0) is 20.8. The van der Waals surface area contributed by atoms with Gasteiger partial charge in [0, 0.05) is 17.0 Å². The molecule has 30 heavy (non-hydrogen) atoms. The Morgan fingerprint density at radius 2 is 1.53 bits per heavy atom. The van der Waals surface area contributed by atoms with Gasteiger partial charge >= 0.3 is 0 Å². The number of nitrogens with zero attached hydrogens (tertiary/aromatic N) is 3. The van der Waals surface area contributed by atoms with Gasteiger partial charge in [0.1, 0.15) is 11.5 Å². The van der Waals surface area contributed by atoms with Crippen LogP contribution >= 0.6 is 11.8 Å². The van der Waals surface area contributed by atoms with E-state index in [2.05, 4.69) is 46.0 Å². The topological polar surface area (TPSA) is 49.2 Å². The van der Waals surface area contributed by atoms with E-state index in [9.17, 15) is 0 Å². The lowest BCUT2D eigenvalue weighted by Gasteiger charge is -2.11. The van der Waals surface area contributed by atoms with Gasteiger partial charge in [-0.25, -0.2) is 0 Å². The number of aromatic nitrogens is 3. The molecular formula is C24H23N3O2S. The summed E-state index contributed by atoms with van der Waals surface area (Å²) in [6.45, 7) is 2.66. The Bertz CT molecular complexity index is 1080. The van der Waals surface area contributed by atoms with Crippen LogP contribution in [0.5, 0.6) is 11.5 Å². The van der Waals surface area contributed by atoms with Crippen LogP contribution in [0.4, 0.5) is 0 Å². The van der Waals surface area contributed by atoms with Crippen molar-refractivity contribution in [2.45, 2.75) is 12.1 Å². The zero-order valence-electron chi connectivity index (χ0n) is 17.0. The fraction of sp³-hybridized carbons (Fsp3) is 0.167. The van der Waals surface area contributed by atoms with E-state index < -0.39 is 0 Å². The van der Waals surface area contributed by atoms with Crippen LogP contribution in [-0.4, -0.2) is 34.2 Å². The first-order valence-corrected chi connectivity index (χ1v) is 10.7.